The first-order valence-corrected chi connectivity index (χ1v) is 11.8. The first-order chi connectivity index (χ1) is 15.8. The van der Waals surface area contributed by atoms with Crippen molar-refractivity contribution in [3.8, 4) is 11.5 Å². The summed E-state index contributed by atoms with van der Waals surface area (Å²) in [4.78, 5) is 16.7. The molecule has 0 radical (unpaired) electrons. The van der Waals surface area contributed by atoms with Gasteiger partial charge in [-0.15, -0.1) is 0 Å². The Kier molecular flexibility index (Phi) is 7.89. The largest absolute Gasteiger partial charge is 0.495 e. The molecule has 0 saturated heterocycles. The van der Waals surface area contributed by atoms with Crippen molar-refractivity contribution in [2.75, 3.05) is 24.6 Å². The van der Waals surface area contributed by atoms with Gasteiger partial charge >= 0.3 is 0 Å². The summed E-state index contributed by atoms with van der Waals surface area (Å²) >= 11 is 0. The summed E-state index contributed by atoms with van der Waals surface area (Å²) in [6.45, 7) is 3.99. The second-order valence-electron chi connectivity index (χ2n) is 7.23. The molecular weight excluding hydrogens is 442 g/mol. The van der Waals surface area contributed by atoms with Crippen LogP contribution < -0.4 is 19.1 Å². The number of aryl methyl sites for hydroxylation is 1. The first kappa shape index (κ1) is 24.1. The van der Waals surface area contributed by atoms with Crippen molar-refractivity contribution < 1.29 is 22.7 Å². The lowest BCUT2D eigenvalue weighted by Gasteiger charge is -2.25. The number of pyridine rings is 1. The Morgan fingerprint density at radius 3 is 2.39 bits per heavy atom. The SMILES string of the molecule is CCOc1ccc(N(CC(=O)NCc2ccncc2)S(=O)(=O)c2cc(C)ccc2OC)cc1. The Bertz CT molecular complexity index is 1180. The van der Waals surface area contributed by atoms with Crippen molar-refractivity contribution in [1.82, 2.24) is 10.3 Å². The van der Waals surface area contributed by atoms with E-state index in [1.165, 1.54) is 13.2 Å². The molecule has 0 unspecified atom stereocenters. The fourth-order valence-electron chi connectivity index (χ4n) is 3.18. The normalized spacial score (nSPS) is 11.0. The summed E-state index contributed by atoms with van der Waals surface area (Å²) in [5.41, 5.74) is 1.94. The topological polar surface area (TPSA) is 97.8 Å². The molecule has 1 aromatic heterocycles. The molecule has 9 heteroatoms. The van der Waals surface area contributed by atoms with Crippen LogP contribution in [-0.2, 0) is 21.4 Å². The number of nitrogens with one attached hydrogen (secondary N) is 1. The van der Waals surface area contributed by atoms with Gasteiger partial charge < -0.3 is 14.8 Å². The number of rotatable bonds is 10. The number of benzene rings is 2. The molecule has 1 heterocycles. The van der Waals surface area contributed by atoms with E-state index in [4.69, 9.17) is 9.47 Å². The van der Waals surface area contributed by atoms with E-state index in [2.05, 4.69) is 10.3 Å². The van der Waals surface area contributed by atoms with E-state index < -0.39 is 22.5 Å². The van der Waals surface area contributed by atoms with Crippen LogP contribution in [0.15, 0.2) is 71.9 Å². The van der Waals surface area contributed by atoms with Crippen LogP contribution in [-0.4, -0.2) is 39.6 Å². The molecule has 0 bridgehead atoms. The van der Waals surface area contributed by atoms with Crippen molar-refractivity contribution >= 4 is 21.6 Å². The number of carbonyl (C=O) groups excluding carboxylic acids is 1. The highest BCUT2D eigenvalue weighted by Crippen LogP contribution is 2.31. The van der Waals surface area contributed by atoms with E-state index in [0.717, 1.165) is 15.4 Å². The monoisotopic (exact) mass is 469 g/mol. The summed E-state index contributed by atoms with van der Waals surface area (Å²) in [6, 6.07) is 15.0. The Hall–Kier alpha value is -3.59. The van der Waals surface area contributed by atoms with E-state index in [1.54, 1.807) is 67.8 Å². The van der Waals surface area contributed by atoms with Gasteiger partial charge in [0.25, 0.3) is 10.0 Å². The molecular formula is C24H27N3O5S. The number of sulfonamides is 1. The number of hydrogen-bond acceptors (Lipinski definition) is 6. The molecule has 0 spiro atoms. The van der Waals surface area contributed by atoms with Crippen LogP contribution in [0.5, 0.6) is 11.5 Å². The summed E-state index contributed by atoms with van der Waals surface area (Å²) < 4.78 is 39.3. The zero-order valence-corrected chi connectivity index (χ0v) is 19.6. The summed E-state index contributed by atoms with van der Waals surface area (Å²) in [7, 11) is -2.72. The maximum absolute atomic E-state index is 13.7. The van der Waals surface area contributed by atoms with Crippen LogP contribution in [0.25, 0.3) is 0 Å². The van der Waals surface area contributed by atoms with Crippen molar-refractivity contribution in [2.24, 2.45) is 0 Å². The van der Waals surface area contributed by atoms with Gasteiger partial charge in [-0.05, 0) is 73.5 Å². The third-order valence-corrected chi connectivity index (χ3v) is 6.64. The average Bonchev–Trinajstić information content (AvgIpc) is 2.82. The standard InChI is InChI=1S/C24H27N3O5S/c1-4-32-21-8-6-20(7-9-21)27(17-24(28)26-16-19-11-13-25-14-12-19)33(29,30)23-15-18(2)5-10-22(23)31-3/h5-15H,4,16-17H2,1-3H3,(H,26,28). The van der Waals surface area contributed by atoms with Gasteiger partial charge in [0.1, 0.15) is 22.9 Å². The van der Waals surface area contributed by atoms with Crippen molar-refractivity contribution in [2.45, 2.75) is 25.3 Å². The molecule has 1 N–H and O–H groups in total. The molecule has 3 rings (SSSR count). The van der Waals surface area contributed by atoms with Gasteiger partial charge in [-0.2, -0.15) is 0 Å². The van der Waals surface area contributed by atoms with E-state index in [1.807, 2.05) is 6.92 Å². The van der Waals surface area contributed by atoms with Gasteiger partial charge in [-0.3, -0.25) is 14.1 Å². The van der Waals surface area contributed by atoms with Crippen molar-refractivity contribution in [3.63, 3.8) is 0 Å². The molecule has 8 nitrogen and oxygen atoms in total. The number of amides is 1. The van der Waals surface area contributed by atoms with Gasteiger partial charge in [0.15, 0.2) is 0 Å². The molecule has 0 aliphatic carbocycles. The fraction of sp³-hybridized carbons (Fsp3) is 0.250. The third kappa shape index (κ3) is 6.01. The number of ether oxygens (including phenoxy) is 2. The summed E-state index contributed by atoms with van der Waals surface area (Å²) in [6.07, 6.45) is 3.25. The predicted molar refractivity (Wildman–Crippen MR) is 126 cm³/mol. The minimum atomic E-state index is -4.13. The second kappa shape index (κ2) is 10.8. The van der Waals surface area contributed by atoms with E-state index in [-0.39, 0.29) is 17.2 Å². The highest BCUT2D eigenvalue weighted by atomic mass is 32.2. The minimum Gasteiger partial charge on any atom is -0.495 e. The maximum atomic E-state index is 13.7. The van der Waals surface area contributed by atoms with E-state index in [9.17, 15) is 13.2 Å². The van der Waals surface area contributed by atoms with Crippen LogP contribution in [0.4, 0.5) is 5.69 Å². The number of nitrogens with zero attached hydrogens (tertiary/aromatic N) is 2. The number of anilines is 1. The van der Waals surface area contributed by atoms with Gasteiger partial charge in [0.2, 0.25) is 5.91 Å². The molecule has 0 aliphatic rings. The summed E-state index contributed by atoms with van der Waals surface area (Å²) in [5, 5.41) is 2.77. The smallest absolute Gasteiger partial charge is 0.268 e. The number of hydrogen-bond donors (Lipinski definition) is 1. The zero-order valence-electron chi connectivity index (χ0n) is 18.8. The van der Waals surface area contributed by atoms with Crippen LogP contribution >= 0.6 is 0 Å². The van der Waals surface area contributed by atoms with Crippen LogP contribution in [0, 0.1) is 6.92 Å². The number of carbonyl (C=O) groups is 1. The molecule has 174 valence electrons. The predicted octanol–water partition coefficient (Wildman–Crippen LogP) is 3.31. The molecule has 33 heavy (non-hydrogen) atoms. The van der Waals surface area contributed by atoms with E-state index >= 15 is 0 Å². The number of aromatic nitrogens is 1. The molecule has 1 amide bonds. The lowest BCUT2D eigenvalue weighted by molar-refractivity contribution is -0.119. The molecule has 0 aliphatic heterocycles. The second-order valence-corrected chi connectivity index (χ2v) is 9.06. The quantitative estimate of drug-likeness (QED) is 0.489. The minimum absolute atomic E-state index is 0.0131. The molecule has 0 saturated carbocycles. The first-order valence-electron chi connectivity index (χ1n) is 10.4. The Morgan fingerprint density at radius 1 is 1.06 bits per heavy atom. The molecule has 2 aromatic carbocycles. The van der Waals surface area contributed by atoms with E-state index in [0.29, 0.717) is 18.0 Å². The lowest BCUT2D eigenvalue weighted by Crippen LogP contribution is -2.40. The van der Waals surface area contributed by atoms with Crippen LogP contribution in [0.2, 0.25) is 0 Å². The molecule has 3 aromatic rings. The van der Waals surface area contributed by atoms with Gasteiger partial charge in [0.05, 0.1) is 19.4 Å². The van der Waals surface area contributed by atoms with Gasteiger partial charge in [-0.1, -0.05) is 6.07 Å². The summed E-state index contributed by atoms with van der Waals surface area (Å²) in [5.74, 6) is 0.360. The Balaban J connectivity index is 1.94. The zero-order chi connectivity index (χ0) is 23.8. The molecule has 0 atom stereocenters. The maximum Gasteiger partial charge on any atom is 0.268 e. The van der Waals surface area contributed by atoms with Crippen LogP contribution in [0.1, 0.15) is 18.1 Å². The third-order valence-electron chi connectivity index (χ3n) is 4.85. The van der Waals surface area contributed by atoms with Gasteiger partial charge in [0, 0.05) is 18.9 Å². The number of methoxy groups -OCH3 is 1. The fourth-order valence-corrected chi connectivity index (χ4v) is 4.85. The highest BCUT2D eigenvalue weighted by Gasteiger charge is 2.30. The van der Waals surface area contributed by atoms with Crippen molar-refractivity contribution in [3.05, 3.63) is 78.1 Å². The van der Waals surface area contributed by atoms with Crippen LogP contribution in [0.3, 0.4) is 0 Å². The van der Waals surface area contributed by atoms with Gasteiger partial charge in [-0.25, -0.2) is 8.42 Å². The highest BCUT2D eigenvalue weighted by molar-refractivity contribution is 7.93. The Labute approximate surface area is 194 Å². The molecule has 0 fully saturated rings. The average molecular weight is 470 g/mol. The Morgan fingerprint density at radius 2 is 1.76 bits per heavy atom. The van der Waals surface area contributed by atoms with Crippen molar-refractivity contribution in [1.29, 1.82) is 0 Å². The lowest BCUT2D eigenvalue weighted by atomic mass is 10.2.